The molecule has 3 nitrogen and oxygen atoms in total. The van der Waals surface area contributed by atoms with Crippen LogP contribution in [0.15, 0.2) is 18.3 Å². The van der Waals surface area contributed by atoms with E-state index in [0.29, 0.717) is 12.3 Å². The summed E-state index contributed by atoms with van der Waals surface area (Å²) in [5.74, 6) is 0.0245. The zero-order valence-electron chi connectivity index (χ0n) is 6.20. The van der Waals surface area contributed by atoms with E-state index in [9.17, 15) is 4.79 Å². The molecule has 0 atom stereocenters. The zero-order valence-corrected chi connectivity index (χ0v) is 6.20. The molecule has 1 heterocycles. The number of carbonyl (C=O) groups excluding carboxylic acids is 1. The Kier molecular flexibility index (Phi) is 2.60. The van der Waals surface area contributed by atoms with Gasteiger partial charge in [-0.1, -0.05) is 6.92 Å². The average molecular weight is 150 g/mol. The number of esters is 1. The van der Waals surface area contributed by atoms with Gasteiger partial charge in [0, 0.05) is 18.7 Å². The molecular formula is C8H8NO2. The molecule has 1 radical (unpaired) electrons. The summed E-state index contributed by atoms with van der Waals surface area (Å²) in [7, 11) is 0. The van der Waals surface area contributed by atoms with Crippen molar-refractivity contribution in [3.05, 3.63) is 24.4 Å². The summed E-state index contributed by atoms with van der Waals surface area (Å²) in [4.78, 5) is 14.5. The maximum absolute atomic E-state index is 10.7. The molecule has 0 aromatic carbocycles. The highest BCUT2D eigenvalue weighted by Crippen LogP contribution is 2.03. The lowest BCUT2D eigenvalue weighted by molar-refractivity contribution is -0.134. The van der Waals surface area contributed by atoms with E-state index in [1.165, 1.54) is 12.3 Å². The molecule has 1 aromatic heterocycles. The van der Waals surface area contributed by atoms with Crippen molar-refractivity contribution in [3.63, 3.8) is 0 Å². The Morgan fingerprint density at radius 3 is 3.18 bits per heavy atom. The van der Waals surface area contributed by atoms with Crippen molar-refractivity contribution >= 4 is 5.97 Å². The normalized spacial score (nSPS) is 9.18. The monoisotopic (exact) mass is 150 g/mol. The Labute approximate surface area is 65.0 Å². The number of aromatic nitrogens is 1. The average Bonchev–Trinajstić information content (AvgIpc) is 2.06. The fourth-order valence-corrected chi connectivity index (χ4v) is 0.555. The van der Waals surface area contributed by atoms with Crippen LogP contribution in [0.4, 0.5) is 0 Å². The predicted molar refractivity (Wildman–Crippen MR) is 39.0 cm³/mol. The second-order valence-electron chi connectivity index (χ2n) is 1.92. The van der Waals surface area contributed by atoms with E-state index in [2.05, 4.69) is 11.1 Å². The molecule has 3 heteroatoms. The van der Waals surface area contributed by atoms with Crippen LogP contribution in [0.5, 0.6) is 5.88 Å². The highest BCUT2D eigenvalue weighted by molar-refractivity contribution is 5.71. The van der Waals surface area contributed by atoms with Gasteiger partial charge in [0.15, 0.2) is 0 Å². The summed E-state index contributed by atoms with van der Waals surface area (Å²) in [6.45, 7) is 1.73. The van der Waals surface area contributed by atoms with E-state index < -0.39 is 0 Å². The van der Waals surface area contributed by atoms with Gasteiger partial charge in [0.25, 0.3) is 0 Å². The van der Waals surface area contributed by atoms with Crippen LogP contribution in [0.3, 0.4) is 0 Å². The van der Waals surface area contributed by atoms with Crippen LogP contribution in [0.25, 0.3) is 0 Å². The van der Waals surface area contributed by atoms with Gasteiger partial charge in [-0.15, -0.1) is 0 Å². The molecule has 0 aliphatic rings. The molecular weight excluding hydrogens is 142 g/mol. The first-order valence-electron chi connectivity index (χ1n) is 3.35. The van der Waals surface area contributed by atoms with Gasteiger partial charge in [-0.25, -0.2) is 4.98 Å². The molecule has 0 saturated heterocycles. The molecule has 0 fully saturated rings. The highest BCUT2D eigenvalue weighted by Gasteiger charge is 1.99. The van der Waals surface area contributed by atoms with Gasteiger partial charge in [0.1, 0.15) is 0 Å². The van der Waals surface area contributed by atoms with Gasteiger partial charge < -0.3 is 4.74 Å². The SMILES string of the molecule is CCC(=O)Oc1c[c]ccn1. The first-order valence-corrected chi connectivity index (χ1v) is 3.35. The van der Waals surface area contributed by atoms with E-state index in [1.54, 1.807) is 13.0 Å². The summed E-state index contributed by atoms with van der Waals surface area (Å²) in [6.07, 6.45) is 1.88. The van der Waals surface area contributed by atoms with Crippen LogP contribution in [-0.2, 0) is 4.79 Å². The van der Waals surface area contributed by atoms with E-state index in [4.69, 9.17) is 4.74 Å². The van der Waals surface area contributed by atoms with Gasteiger partial charge in [0.05, 0.1) is 0 Å². The molecule has 0 spiro atoms. The lowest BCUT2D eigenvalue weighted by atomic mass is 10.5. The van der Waals surface area contributed by atoms with Gasteiger partial charge in [0.2, 0.25) is 5.88 Å². The fourth-order valence-electron chi connectivity index (χ4n) is 0.555. The molecule has 57 valence electrons. The Morgan fingerprint density at radius 2 is 2.64 bits per heavy atom. The Morgan fingerprint density at radius 1 is 1.82 bits per heavy atom. The number of pyridine rings is 1. The maximum atomic E-state index is 10.7. The first kappa shape index (κ1) is 7.72. The Bertz CT molecular complexity index is 233. The minimum Gasteiger partial charge on any atom is -0.407 e. The van der Waals surface area contributed by atoms with E-state index in [0.717, 1.165) is 0 Å². The topological polar surface area (TPSA) is 39.2 Å². The van der Waals surface area contributed by atoms with Gasteiger partial charge in [-0.05, 0) is 12.1 Å². The van der Waals surface area contributed by atoms with Gasteiger partial charge in [-0.3, -0.25) is 4.79 Å². The Hall–Kier alpha value is -1.38. The van der Waals surface area contributed by atoms with Crippen LogP contribution in [0, 0.1) is 6.07 Å². The second kappa shape index (κ2) is 3.71. The maximum Gasteiger partial charge on any atom is 0.312 e. The first-order chi connectivity index (χ1) is 5.33. The Balaban J connectivity index is 2.58. The summed E-state index contributed by atoms with van der Waals surface area (Å²) in [5.41, 5.74) is 0. The molecule has 1 aromatic rings. The number of rotatable bonds is 2. The lowest BCUT2D eigenvalue weighted by Crippen LogP contribution is -2.06. The highest BCUT2D eigenvalue weighted by atomic mass is 16.5. The van der Waals surface area contributed by atoms with Crippen LogP contribution in [-0.4, -0.2) is 11.0 Å². The van der Waals surface area contributed by atoms with Crippen molar-refractivity contribution in [1.82, 2.24) is 4.98 Å². The molecule has 0 N–H and O–H groups in total. The smallest absolute Gasteiger partial charge is 0.312 e. The van der Waals surface area contributed by atoms with Crippen molar-refractivity contribution in [2.45, 2.75) is 13.3 Å². The van der Waals surface area contributed by atoms with E-state index in [1.807, 2.05) is 0 Å². The van der Waals surface area contributed by atoms with Crippen LogP contribution in [0.1, 0.15) is 13.3 Å². The van der Waals surface area contributed by atoms with Crippen molar-refractivity contribution in [1.29, 1.82) is 0 Å². The molecule has 1 rings (SSSR count). The summed E-state index contributed by atoms with van der Waals surface area (Å²) < 4.78 is 4.78. The van der Waals surface area contributed by atoms with Crippen molar-refractivity contribution in [3.8, 4) is 5.88 Å². The molecule has 0 unspecified atom stereocenters. The third-order valence-electron chi connectivity index (χ3n) is 1.09. The molecule has 11 heavy (non-hydrogen) atoms. The van der Waals surface area contributed by atoms with Crippen molar-refractivity contribution < 1.29 is 9.53 Å². The quantitative estimate of drug-likeness (QED) is 0.594. The number of carbonyl (C=O) groups is 1. The fraction of sp³-hybridized carbons (Fsp3) is 0.250. The number of nitrogens with zero attached hydrogens (tertiary/aromatic N) is 1. The van der Waals surface area contributed by atoms with Crippen LogP contribution < -0.4 is 4.74 Å². The molecule has 0 bridgehead atoms. The minimum atomic E-state index is -0.280. The lowest BCUT2D eigenvalue weighted by Gasteiger charge is -1.98. The number of hydrogen-bond acceptors (Lipinski definition) is 3. The van der Waals surface area contributed by atoms with Gasteiger partial charge in [-0.2, -0.15) is 0 Å². The standard InChI is InChI=1S/C8H8NO2/c1-2-8(10)11-7-5-3-4-6-9-7/h4-6H,2H2,1H3. The zero-order chi connectivity index (χ0) is 8.10. The summed E-state index contributed by atoms with van der Waals surface area (Å²) in [5, 5.41) is 0. The van der Waals surface area contributed by atoms with Gasteiger partial charge >= 0.3 is 5.97 Å². The largest absolute Gasteiger partial charge is 0.407 e. The minimum absolute atomic E-state index is 0.280. The second-order valence-corrected chi connectivity index (χ2v) is 1.92. The van der Waals surface area contributed by atoms with Crippen molar-refractivity contribution in [2.75, 3.05) is 0 Å². The molecule has 0 aliphatic carbocycles. The van der Waals surface area contributed by atoms with Crippen LogP contribution in [0.2, 0.25) is 0 Å². The third kappa shape index (κ3) is 2.37. The van der Waals surface area contributed by atoms with Crippen molar-refractivity contribution in [2.24, 2.45) is 0 Å². The third-order valence-corrected chi connectivity index (χ3v) is 1.09. The number of ether oxygens (including phenoxy) is 1. The van der Waals surface area contributed by atoms with Crippen LogP contribution >= 0.6 is 0 Å². The summed E-state index contributed by atoms with van der Waals surface area (Å²) >= 11 is 0. The molecule has 0 amide bonds. The molecule has 0 saturated carbocycles. The predicted octanol–water partition coefficient (Wildman–Crippen LogP) is 1.20. The summed E-state index contributed by atoms with van der Waals surface area (Å²) in [6, 6.07) is 5.91. The number of hydrogen-bond donors (Lipinski definition) is 0. The van der Waals surface area contributed by atoms with E-state index in [-0.39, 0.29) is 5.97 Å². The van der Waals surface area contributed by atoms with E-state index >= 15 is 0 Å². The molecule has 0 aliphatic heterocycles.